The van der Waals surface area contributed by atoms with Crippen LogP contribution in [-0.2, 0) is 9.59 Å². The number of nitrogens with one attached hydrogen (secondary N) is 1. The van der Waals surface area contributed by atoms with Crippen LogP contribution in [0.4, 0.5) is 0 Å². The molecule has 0 bridgehead atoms. The van der Waals surface area contributed by atoms with Crippen LogP contribution in [0.25, 0.3) is 0 Å². The van der Waals surface area contributed by atoms with E-state index in [0.717, 1.165) is 37.2 Å². The van der Waals surface area contributed by atoms with Gasteiger partial charge in [-0.05, 0) is 32.4 Å². The third kappa shape index (κ3) is 2.69. The minimum atomic E-state index is -0.728. The summed E-state index contributed by atoms with van der Waals surface area (Å²) in [6.45, 7) is 6.49. The zero-order chi connectivity index (χ0) is 14.8. The fraction of sp³-hybridized carbons (Fsp3) is 0.867. The number of rotatable bonds is 4. The zero-order valence-corrected chi connectivity index (χ0v) is 13.6. The number of hydrogen-bond acceptors (Lipinski definition) is 3. The Kier molecular flexibility index (Phi) is 4.67. The highest BCUT2D eigenvalue weighted by Crippen LogP contribution is 2.36. The summed E-state index contributed by atoms with van der Waals surface area (Å²) in [5.74, 6) is 2.08. The van der Waals surface area contributed by atoms with Crippen molar-refractivity contribution in [3.8, 4) is 0 Å². The number of carbonyl (C=O) groups excluding carboxylic acids is 2. The second kappa shape index (κ2) is 5.96. The molecule has 1 N–H and O–H groups in total. The van der Waals surface area contributed by atoms with Crippen LogP contribution >= 0.6 is 11.8 Å². The van der Waals surface area contributed by atoms with Gasteiger partial charge in [-0.3, -0.25) is 9.59 Å². The fourth-order valence-corrected chi connectivity index (χ4v) is 3.83. The lowest BCUT2D eigenvalue weighted by Crippen LogP contribution is -2.74. The summed E-state index contributed by atoms with van der Waals surface area (Å²) in [6.07, 6.45) is 4.82. The van der Waals surface area contributed by atoms with E-state index in [2.05, 4.69) is 12.2 Å². The SMILES string of the molecule is CCSCCN1C(=O)C2(CCCCC2)NC(=O)C1(C)C. The first kappa shape index (κ1) is 15.7. The van der Waals surface area contributed by atoms with Gasteiger partial charge >= 0.3 is 0 Å². The number of hydrogen-bond donors (Lipinski definition) is 1. The van der Waals surface area contributed by atoms with Gasteiger partial charge in [-0.25, -0.2) is 0 Å². The van der Waals surface area contributed by atoms with Crippen LogP contribution < -0.4 is 5.32 Å². The van der Waals surface area contributed by atoms with Gasteiger partial charge in [0.1, 0.15) is 11.1 Å². The summed E-state index contributed by atoms with van der Waals surface area (Å²) >= 11 is 1.82. The molecule has 1 aliphatic carbocycles. The Balaban J connectivity index is 2.20. The van der Waals surface area contributed by atoms with Crippen LogP contribution in [0.2, 0.25) is 0 Å². The minimum Gasteiger partial charge on any atom is -0.340 e. The molecular formula is C15H26N2O2S. The molecule has 1 heterocycles. The number of carbonyl (C=O) groups is 2. The van der Waals surface area contributed by atoms with E-state index in [1.54, 1.807) is 0 Å². The van der Waals surface area contributed by atoms with E-state index >= 15 is 0 Å². The van der Waals surface area contributed by atoms with Crippen molar-refractivity contribution in [1.29, 1.82) is 0 Å². The summed E-state index contributed by atoms with van der Waals surface area (Å²) in [4.78, 5) is 27.2. The largest absolute Gasteiger partial charge is 0.340 e. The number of piperazine rings is 1. The molecule has 0 atom stereocenters. The van der Waals surface area contributed by atoms with Gasteiger partial charge < -0.3 is 10.2 Å². The van der Waals surface area contributed by atoms with Crippen molar-refractivity contribution in [2.75, 3.05) is 18.1 Å². The first-order chi connectivity index (χ1) is 9.44. The lowest BCUT2D eigenvalue weighted by Gasteiger charge is -2.51. The van der Waals surface area contributed by atoms with Gasteiger partial charge in [0.2, 0.25) is 11.8 Å². The van der Waals surface area contributed by atoms with E-state index in [4.69, 9.17) is 0 Å². The summed E-state index contributed by atoms with van der Waals surface area (Å²) in [7, 11) is 0. The monoisotopic (exact) mass is 298 g/mol. The number of nitrogens with zero attached hydrogens (tertiary/aromatic N) is 1. The van der Waals surface area contributed by atoms with Gasteiger partial charge in [-0.15, -0.1) is 0 Å². The van der Waals surface area contributed by atoms with Crippen LogP contribution in [-0.4, -0.2) is 45.8 Å². The van der Waals surface area contributed by atoms with Gasteiger partial charge in [0, 0.05) is 12.3 Å². The third-order valence-electron chi connectivity index (χ3n) is 4.61. The fourth-order valence-electron chi connectivity index (χ4n) is 3.23. The second-order valence-electron chi connectivity index (χ2n) is 6.31. The molecule has 1 saturated carbocycles. The molecule has 2 fully saturated rings. The lowest BCUT2D eigenvalue weighted by atomic mass is 9.76. The molecular weight excluding hydrogens is 272 g/mol. The molecule has 0 unspecified atom stereocenters. The molecule has 1 spiro atoms. The van der Waals surface area contributed by atoms with Gasteiger partial charge in [-0.2, -0.15) is 11.8 Å². The predicted molar refractivity (Wildman–Crippen MR) is 82.7 cm³/mol. The van der Waals surface area contributed by atoms with E-state index in [0.29, 0.717) is 6.54 Å². The Hall–Kier alpha value is -0.710. The van der Waals surface area contributed by atoms with Crippen LogP contribution in [0, 0.1) is 0 Å². The molecule has 0 aromatic carbocycles. The lowest BCUT2D eigenvalue weighted by molar-refractivity contribution is -0.162. The van der Waals surface area contributed by atoms with Crippen molar-refractivity contribution in [3.63, 3.8) is 0 Å². The van der Waals surface area contributed by atoms with Crippen molar-refractivity contribution in [1.82, 2.24) is 10.2 Å². The van der Waals surface area contributed by atoms with E-state index in [1.807, 2.05) is 30.5 Å². The molecule has 5 heteroatoms. The molecule has 1 aliphatic heterocycles. The standard InChI is InChI=1S/C15H26N2O2S/c1-4-20-11-10-17-13(19)15(8-6-5-7-9-15)16-12(18)14(17,2)3/h4-11H2,1-3H3,(H,16,18). The first-order valence-electron chi connectivity index (χ1n) is 7.66. The Labute approximate surface area is 126 Å². The van der Waals surface area contributed by atoms with E-state index in [1.165, 1.54) is 6.42 Å². The Morgan fingerprint density at radius 1 is 1.20 bits per heavy atom. The van der Waals surface area contributed by atoms with E-state index in [-0.39, 0.29) is 11.8 Å². The molecule has 2 aliphatic rings. The van der Waals surface area contributed by atoms with Gasteiger partial charge in [-0.1, -0.05) is 26.2 Å². The Morgan fingerprint density at radius 3 is 2.45 bits per heavy atom. The van der Waals surface area contributed by atoms with Crippen molar-refractivity contribution in [3.05, 3.63) is 0 Å². The average molecular weight is 298 g/mol. The summed E-state index contributed by atoms with van der Waals surface area (Å²) in [6, 6.07) is 0. The normalized spacial score (nSPS) is 24.9. The maximum absolute atomic E-state index is 13.0. The molecule has 4 nitrogen and oxygen atoms in total. The summed E-state index contributed by atoms with van der Waals surface area (Å²) in [5.41, 5.74) is -1.34. The zero-order valence-electron chi connectivity index (χ0n) is 12.8. The van der Waals surface area contributed by atoms with Crippen molar-refractivity contribution >= 4 is 23.6 Å². The molecule has 1 saturated heterocycles. The minimum absolute atomic E-state index is 0.000462. The molecule has 0 aromatic heterocycles. The smallest absolute Gasteiger partial charge is 0.249 e. The van der Waals surface area contributed by atoms with Crippen molar-refractivity contribution < 1.29 is 9.59 Å². The summed E-state index contributed by atoms with van der Waals surface area (Å²) in [5, 5.41) is 3.06. The molecule has 0 aromatic rings. The highest BCUT2D eigenvalue weighted by Gasteiger charge is 2.54. The number of thioether (sulfide) groups is 1. The molecule has 0 radical (unpaired) electrons. The van der Waals surface area contributed by atoms with Crippen molar-refractivity contribution in [2.45, 2.75) is 64.0 Å². The summed E-state index contributed by atoms with van der Waals surface area (Å²) < 4.78 is 0. The van der Waals surface area contributed by atoms with Crippen LogP contribution in [0.5, 0.6) is 0 Å². The second-order valence-corrected chi connectivity index (χ2v) is 7.70. The van der Waals surface area contributed by atoms with Crippen LogP contribution in [0.15, 0.2) is 0 Å². The van der Waals surface area contributed by atoms with Crippen molar-refractivity contribution in [2.24, 2.45) is 0 Å². The molecule has 2 amide bonds. The molecule has 20 heavy (non-hydrogen) atoms. The van der Waals surface area contributed by atoms with Gasteiger partial charge in [0.05, 0.1) is 0 Å². The highest BCUT2D eigenvalue weighted by atomic mass is 32.2. The predicted octanol–water partition coefficient (Wildman–Crippen LogP) is 2.18. The van der Waals surface area contributed by atoms with E-state index < -0.39 is 11.1 Å². The number of amides is 2. The van der Waals surface area contributed by atoms with E-state index in [9.17, 15) is 9.59 Å². The topological polar surface area (TPSA) is 49.4 Å². The quantitative estimate of drug-likeness (QED) is 0.809. The Bertz CT molecular complexity index is 389. The molecule has 114 valence electrons. The van der Waals surface area contributed by atoms with Crippen LogP contribution in [0.1, 0.15) is 52.9 Å². The first-order valence-corrected chi connectivity index (χ1v) is 8.82. The Morgan fingerprint density at radius 2 is 1.85 bits per heavy atom. The molecule has 2 rings (SSSR count). The van der Waals surface area contributed by atoms with Gasteiger partial charge in [0.25, 0.3) is 0 Å². The average Bonchev–Trinajstić information content (AvgIpc) is 2.42. The van der Waals surface area contributed by atoms with Gasteiger partial charge in [0.15, 0.2) is 0 Å². The maximum atomic E-state index is 13.0. The van der Waals surface area contributed by atoms with Crippen LogP contribution in [0.3, 0.4) is 0 Å². The maximum Gasteiger partial charge on any atom is 0.249 e. The highest BCUT2D eigenvalue weighted by molar-refractivity contribution is 7.99. The third-order valence-corrected chi connectivity index (χ3v) is 5.49.